The third-order valence-corrected chi connectivity index (χ3v) is 3.61. The van der Waals surface area contributed by atoms with Crippen LogP contribution in [0.2, 0.25) is 0 Å². The van der Waals surface area contributed by atoms with Gasteiger partial charge in [0.1, 0.15) is 5.78 Å². The molecule has 1 aliphatic rings. The molecule has 0 amide bonds. The van der Waals surface area contributed by atoms with Crippen LogP contribution in [0.5, 0.6) is 0 Å². The Morgan fingerprint density at radius 3 is 2.88 bits per heavy atom. The third kappa shape index (κ3) is 3.42. The van der Waals surface area contributed by atoms with Gasteiger partial charge in [0.2, 0.25) is 0 Å². The van der Waals surface area contributed by atoms with Crippen LogP contribution in [0.1, 0.15) is 57.1 Å². The summed E-state index contributed by atoms with van der Waals surface area (Å²) in [6.45, 7) is 2.07. The van der Waals surface area contributed by atoms with E-state index in [1.807, 2.05) is 0 Å². The Hall–Kier alpha value is -1.11. The lowest BCUT2D eigenvalue weighted by Crippen LogP contribution is -1.98. The highest BCUT2D eigenvalue weighted by atomic mass is 16.1. The predicted octanol–water partition coefficient (Wildman–Crippen LogP) is 4.11. The van der Waals surface area contributed by atoms with Gasteiger partial charge in [-0.2, -0.15) is 0 Å². The van der Waals surface area contributed by atoms with Crippen molar-refractivity contribution in [1.82, 2.24) is 0 Å². The molecule has 0 spiro atoms. The van der Waals surface area contributed by atoms with Crippen LogP contribution in [0.4, 0.5) is 0 Å². The van der Waals surface area contributed by atoms with Gasteiger partial charge in [0.15, 0.2) is 0 Å². The highest BCUT2D eigenvalue weighted by Crippen LogP contribution is 2.23. The van der Waals surface area contributed by atoms with E-state index < -0.39 is 0 Å². The molecule has 0 saturated carbocycles. The molecular weight excluding hydrogens is 208 g/mol. The number of fused-ring (bicyclic) bond motifs is 1. The van der Waals surface area contributed by atoms with Crippen molar-refractivity contribution in [3.05, 3.63) is 34.9 Å². The maximum atomic E-state index is 11.4. The van der Waals surface area contributed by atoms with Gasteiger partial charge in [0, 0.05) is 14.3 Å². The molecule has 1 nitrogen and oxygen atoms in total. The van der Waals surface area contributed by atoms with E-state index >= 15 is 0 Å². The van der Waals surface area contributed by atoms with Crippen molar-refractivity contribution in [3.8, 4) is 0 Å². The van der Waals surface area contributed by atoms with E-state index in [1.54, 1.807) is 5.56 Å². The Kier molecular flexibility index (Phi) is 4.36. The van der Waals surface area contributed by atoms with Gasteiger partial charge in [0.25, 0.3) is 0 Å². The normalized spacial score (nSPS) is 13.7. The second-order valence-electron chi connectivity index (χ2n) is 5.10. The Balaban J connectivity index is 0.00000162. The molecule has 1 aliphatic carbocycles. The second kappa shape index (κ2) is 6.00. The summed E-state index contributed by atoms with van der Waals surface area (Å²) >= 11 is 0. The first kappa shape index (κ1) is 12.3. The fourth-order valence-corrected chi connectivity index (χ4v) is 2.67. The number of Topliss-reactive ketones (excluding diaryl/α,β-unsaturated/α-hetero) is 1. The molecule has 0 heterocycles. The van der Waals surface area contributed by atoms with E-state index in [4.69, 9.17) is 0 Å². The number of carbonyl (C=O) groups excluding carboxylic acids is 1. The number of hydrogen-bond donors (Lipinski definition) is 0. The van der Waals surface area contributed by atoms with E-state index in [-0.39, 0.29) is 1.43 Å². The maximum absolute atomic E-state index is 11.4. The molecule has 1 aromatic carbocycles. The minimum Gasteiger partial charge on any atom is -0.300 e. The molecule has 0 saturated heterocycles. The lowest BCUT2D eigenvalue weighted by atomic mass is 10.0. The first-order valence-corrected chi connectivity index (χ1v) is 6.92. The minimum atomic E-state index is 0. The molecule has 94 valence electrons. The van der Waals surface area contributed by atoms with E-state index in [1.165, 1.54) is 30.4 Å². The monoisotopic (exact) mass is 232 g/mol. The summed E-state index contributed by atoms with van der Waals surface area (Å²) in [5.74, 6) is 0.425. The Morgan fingerprint density at radius 2 is 2.06 bits per heavy atom. The number of hydrogen-bond acceptors (Lipinski definition) is 1. The fraction of sp³-hybridized carbons (Fsp3) is 0.562. The minimum absolute atomic E-state index is 0. The van der Waals surface area contributed by atoms with Gasteiger partial charge in [-0.1, -0.05) is 25.1 Å². The number of carbonyl (C=O) groups is 1. The molecule has 17 heavy (non-hydrogen) atoms. The molecule has 0 N–H and O–H groups in total. The van der Waals surface area contributed by atoms with Crippen molar-refractivity contribution in [2.45, 2.75) is 58.3 Å². The summed E-state index contributed by atoms with van der Waals surface area (Å²) in [5, 5.41) is 0. The van der Waals surface area contributed by atoms with Gasteiger partial charge in [-0.25, -0.2) is 0 Å². The van der Waals surface area contributed by atoms with Gasteiger partial charge in [-0.15, -0.1) is 0 Å². The molecule has 0 aliphatic heterocycles. The van der Waals surface area contributed by atoms with E-state index in [0.29, 0.717) is 5.78 Å². The maximum Gasteiger partial charge on any atom is 0.132 e. The van der Waals surface area contributed by atoms with E-state index in [0.717, 1.165) is 32.1 Å². The van der Waals surface area contributed by atoms with Crippen molar-refractivity contribution in [3.63, 3.8) is 0 Å². The van der Waals surface area contributed by atoms with Crippen molar-refractivity contribution < 1.29 is 6.22 Å². The Morgan fingerprint density at radius 1 is 1.24 bits per heavy atom. The molecule has 0 aromatic heterocycles. The number of benzene rings is 1. The van der Waals surface area contributed by atoms with E-state index in [2.05, 4.69) is 25.1 Å². The van der Waals surface area contributed by atoms with Gasteiger partial charge < -0.3 is 0 Å². The number of rotatable bonds is 6. The lowest BCUT2D eigenvalue weighted by Gasteiger charge is -2.04. The average molecular weight is 232 g/mol. The predicted molar refractivity (Wildman–Crippen MR) is 73.4 cm³/mol. The fourth-order valence-electron chi connectivity index (χ4n) is 2.67. The SMILES string of the molecule is CCCC(=O)CCCc1ccc2c(c1)CCC2.[HH]. The van der Waals surface area contributed by atoms with Gasteiger partial charge >= 0.3 is 0 Å². The summed E-state index contributed by atoms with van der Waals surface area (Å²) in [4.78, 5) is 11.4. The molecule has 0 atom stereocenters. The van der Waals surface area contributed by atoms with Gasteiger partial charge in [-0.3, -0.25) is 4.79 Å². The number of ketones is 1. The Labute approximate surface area is 106 Å². The molecule has 0 unspecified atom stereocenters. The molecule has 0 radical (unpaired) electrons. The van der Waals surface area contributed by atoms with Crippen LogP contribution in [-0.2, 0) is 24.1 Å². The van der Waals surface area contributed by atoms with Crippen molar-refractivity contribution >= 4 is 5.78 Å². The molecular formula is C16H24O. The molecule has 1 aromatic rings. The van der Waals surface area contributed by atoms with Crippen molar-refractivity contribution in [2.24, 2.45) is 0 Å². The van der Waals surface area contributed by atoms with Crippen LogP contribution in [-0.4, -0.2) is 5.78 Å². The molecule has 1 heteroatoms. The van der Waals surface area contributed by atoms with Gasteiger partial charge in [-0.05, 0) is 55.2 Å². The zero-order valence-electron chi connectivity index (χ0n) is 10.8. The van der Waals surface area contributed by atoms with Gasteiger partial charge in [0.05, 0.1) is 0 Å². The summed E-state index contributed by atoms with van der Waals surface area (Å²) in [7, 11) is 0. The summed E-state index contributed by atoms with van der Waals surface area (Å²) in [5.41, 5.74) is 4.49. The standard InChI is InChI=1S/C16H22O.H2/c1-2-5-16(17)9-3-6-13-10-11-14-7-4-8-15(14)12-13;/h10-12H,2-9H2,1H3;1H. The zero-order chi connectivity index (χ0) is 12.1. The molecule has 2 rings (SSSR count). The first-order valence-electron chi connectivity index (χ1n) is 6.92. The first-order chi connectivity index (χ1) is 8.29. The average Bonchev–Trinajstić information content (AvgIpc) is 2.76. The Bertz CT molecular complexity index is 398. The zero-order valence-corrected chi connectivity index (χ0v) is 10.8. The van der Waals surface area contributed by atoms with Crippen LogP contribution in [0, 0.1) is 0 Å². The van der Waals surface area contributed by atoms with Crippen LogP contribution in [0.3, 0.4) is 0 Å². The highest BCUT2D eigenvalue weighted by molar-refractivity contribution is 5.78. The highest BCUT2D eigenvalue weighted by Gasteiger charge is 2.10. The quantitative estimate of drug-likeness (QED) is 0.721. The van der Waals surface area contributed by atoms with Crippen LogP contribution < -0.4 is 0 Å². The third-order valence-electron chi connectivity index (χ3n) is 3.61. The van der Waals surface area contributed by atoms with E-state index in [9.17, 15) is 4.79 Å². The topological polar surface area (TPSA) is 17.1 Å². The summed E-state index contributed by atoms with van der Waals surface area (Å²) in [6.07, 6.45) is 8.38. The molecule has 0 fully saturated rings. The van der Waals surface area contributed by atoms with Crippen molar-refractivity contribution in [2.75, 3.05) is 0 Å². The summed E-state index contributed by atoms with van der Waals surface area (Å²) < 4.78 is 0. The van der Waals surface area contributed by atoms with Crippen LogP contribution in [0.25, 0.3) is 0 Å². The van der Waals surface area contributed by atoms with Crippen molar-refractivity contribution in [1.29, 1.82) is 0 Å². The second-order valence-corrected chi connectivity index (χ2v) is 5.10. The molecule has 0 bridgehead atoms. The number of aryl methyl sites for hydroxylation is 3. The summed E-state index contributed by atoms with van der Waals surface area (Å²) in [6, 6.07) is 6.88. The van der Waals surface area contributed by atoms with Crippen LogP contribution in [0.15, 0.2) is 18.2 Å². The van der Waals surface area contributed by atoms with Crippen LogP contribution >= 0.6 is 0 Å². The largest absolute Gasteiger partial charge is 0.300 e. The smallest absolute Gasteiger partial charge is 0.132 e. The lowest BCUT2D eigenvalue weighted by molar-refractivity contribution is -0.119.